The second-order valence-electron chi connectivity index (χ2n) is 5.92. The van der Waals surface area contributed by atoms with Crippen LogP contribution in [0.25, 0.3) is 10.8 Å². The van der Waals surface area contributed by atoms with E-state index >= 15 is 0 Å². The first-order valence-electron chi connectivity index (χ1n) is 7.65. The van der Waals surface area contributed by atoms with E-state index < -0.39 is 0 Å². The van der Waals surface area contributed by atoms with Gasteiger partial charge in [0.1, 0.15) is 0 Å². The fraction of sp³-hybridized carbons (Fsp3) is 0.471. The highest BCUT2D eigenvalue weighted by Gasteiger charge is 2.23. The molecule has 136 valence electrons. The number of pyridine rings is 1. The molecular weight excluding hydrogens is 376 g/mol. The summed E-state index contributed by atoms with van der Waals surface area (Å²) in [6.07, 6.45) is 3.04. The van der Waals surface area contributed by atoms with Crippen molar-refractivity contribution in [3.63, 3.8) is 0 Å². The highest BCUT2D eigenvalue weighted by Crippen LogP contribution is 2.18. The normalized spacial score (nSPS) is 17.0. The van der Waals surface area contributed by atoms with Gasteiger partial charge >= 0.3 is 0 Å². The molecule has 6 N–H and O–H groups in total. The number of aliphatic hydroxyl groups excluding tert-OH is 1. The van der Waals surface area contributed by atoms with Crippen molar-refractivity contribution in [3.05, 3.63) is 45.9 Å². The zero-order chi connectivity index (χ0) is 14.8. The highest BCUT2D eigenvalue weighted by molar-refractivity contribution is 8.93. The minimum atomic E-state index is -0.00803. The van der Waals surface area contributed by atoms with Crippen molar-refractivity contribution in [2.24, 2.45) is 0 Å². The molecule has 0 amide bonds. The minimum absolute atomic E-state index is 0. The van der Waals surface area contributed by atoms with Gasteiger partial charge in [0.25, 0.3) is 5.56 Å². The van der Waals surface area contributed by atoms with E-state index in [9.17, 15) is 9.90 Å². The SMILES string of the molecule is Br.Cc1cccc2c(=O)[nH]c(CCN3CCCC3CO)cc12.O.O. The van der Waals surface area contributed by atoms with E-state index in [-0.39, 0.29) is 40.1 Å². The van der Waals surface area contributed by atoms with Gasteiger partial charge in [-0.2, -0.15) is 0 Å². The fourth-order valence-corrected chi connectivity index (χ4v) is 3.29. The van der Waals surface area contributed by atoms with Gasteiger partial charge in [0.05, 0.1) is 6.61 Å². The first-order chi connectivity index (χ1) is 10.2. The summed E-state index contributed by atoms with van der Waals surface area (Å²) in [5, 5.41) is 11.2. The number of halogens is 1. The molecule has 2 heterocycles. The summed E-state index contributed by atoms with van der Waals surface area (Å²) in [4.78, 5) is 17.5. The Morgan fingerprint density at radius 2 is 2.04 bits per heavy atom. The van der Waals surface area contributed by atoms with Gasteiger partial charge in [0.15, 0.2) is 0 Å². The zero-order valence-electron chi connectivity index (χ0n) is 13.8. The van der Waals surface area contributed by atoms with Crippen molar-refractivity contribution >= 4 is 27.8 Å². The molecule has 0 spiro atoms. The van der Waals surface area contributed by atoms with Gasteiger partial charge in [-0.05, 0) is 49.4 Å². The minimum Gasteiger partial charge on any atom is -0.412 e. The Morgan fingerprint density at radius 3 is 2.75 bits per heavy atom. The standard InChI is InChI=1S/C17H22N2O2.BrH.2H2O/c1-12-4-2-6-15-16(12)10-13(18-17(15)21)7-9-19-8-3-5-14(19)11-20;;;/h2,4,6,10,14,20H,3,5,7-9,11H2,1H3,(H,18,21);1H;2*1H2. The number of hydrogen-bond donors (Lipinski definition) is 2. The van der Waals surface area contributed by atoms with Crippen molar-refractivity contribution in [2.45, 2.75) is 32.2 Å². The van der Waals surface area contributed by atoms with E-state index in [2.05, 4.69) is 16.0 Å². The van der Waals surface area contributed by atoms with Crippen molar-refractivity contribution in [3.8, 4) is 0 Å². The third-order valence-electron chi connectivity index (χ3n) is 4.54. The number of benzene rings is 1. The average Bonchev–Trinajstić information content (AvgIpc) is 2.94. The Kier molecular flexibility index (Phi) is 9.39. The van der Waals surface area contributed by atoms with E-state index in [1.807, 2.05) is 25.1 Å². The smallest absolute Gasteiger partial charge is 0.256 e. The van der Waals surface area contributed by atoms with Crippen molar-refractivity contribution in [2.75, 3.05) is 19.7 Å². The Hall–Kier alpha value is -1.25. The third kappa shape index (κ3) is 4.64. The zero-order valence-corrected chi connectivity index (χ0v) is 15.6. The van der Waals surface area contributed by atoms with Gasteiger partial charge in [-0.25, -0.2) is 0 Å². The van der Waals surface area contributed by atoms with Crippen molar-refractivity contribution in [1.82, 2.24) is 9.88 Å². The molecule has 3 rings (SSSR count). The van der Waals surface area contributed by atoms with E-state index in [0.29, 0.717) is 6.04 Å². The monoisotopic (exact) mass is 402 g/mol. The maximum atomic E-state index is 12.2. The molecule has 1 aromatic carbocycles. The summed E-state index contributed by atoms with van der Waals surface area (Å²) in [7, 11) is 0. The summed E-state index contributed by atoms with van der Waals surface area (Å²) in [5.74, 6) is 0. The number of nitrogens with zero attached hydrogens (tertiary/aromatic N) is 1. The third-order valence-corrected chi connectivity index (χ3v) is 4.54. The maximum Gasteiger partial charge on any atom is 0.256 e. The van der Waals surface area contributed by atoms with Crippen LogP contribution in [0.4, 0.5) is 0 Å². The van der Waals surface area contributed by atoms with Gasteiger partial charge < -0.3 is 21.0 Å². The quantitative estimate of drug-likeness (QED) is 0.784. The highest BCUT2D eigenvalue weighted by atomic mass is 79.9. The Labute approximate surface area is 151 Å². The van der Waals surface area contributed by atoms with E-state index in [1.165, 1.54) is 0 Å². The number of aromatic nitrogens is 1. The van der Waals surface area contributed by atoms with Crippen LogP contribution in [0.1, 0.15) is 24.1 Å². The number of aromatic amines is 1. The molecule has 1 aromatic heterocycles. The Morgan fingerprint density at radius 1 is 1.29 bits per heavy atom. The van der Waals surface area contributed by atoms with Gasteiger partial charge in [-0.15, -0.1) is 17.0 Å². The predicted molar refractivity (Wildman–Crippen MR) is 102 cm³/mol. The lowest BCUT2D eigenvalue weighted by molar-refractivity contribution is 0.160. The summed E-state index contributed by atoms with van der Waals surface area (Å²) in [6, 6.07) is 8.21. The molecule has 24 heavy (non-hydrogen) atoms. The second kappa shape index (κ2) is 9.90. The van der Waals surface area contributed by atoms with Gasteiger partial charge in [-0.3, -0.25) is 9.69 Å². The van der Waals surface area contributed by atoms with E-state index in [0.717, 1.165) is 54.4 Å². The first-order valence-corrected chi connectivity index (χ1v) is 7.65. The topological polar surface area (TPSA) is 119 Å². The van der Waals surface area contributed by atoms with Crippen LogP contribution in [-0.2, 0) is 6.42 Å². The molecule has 0 bridgehead atoms. The van der Waals surface area contributed by atoms with Crippen molar-refractivity contribution in [1.29, 1.82) is 0 Å². The molecule has 1 saturated heterocycles. The lowest BCUT2D eigenvalue weighted by Crippen LogP contribution is -2.34. The van der Waals surface area contributed by atoms with Crippen LogP contribution in [0.15, 0.2) is 29.1 Å². The van der Waals surface area contributed by atoms with Crippen LogP contribution in [0.2, 0.25) is 0 Å². The van der Waals surface area contributed by atoms with Crippen LogP contribution >= 0.6 is 17.0 Å². The molecule has 1 unspecified atom stereocenters. The van der Waals surface area contributed by atoms with Crippen LogP contribution in [-0.4, -0.2) is 51.7 Å². The summed E-state index contributed by atoms with van der Waals surface area (Å²) < 4.78 is 0. The number of hydrogen-bond acceptors (Lipinski definition) is 3. The molecule has 1 aliphatic rings. The van der Waals surface area contributed by atoms with Gasteiger partial charge in [0.2, 0.25) is 0 Å². The second-order valence-corrected chi connectivity index (χ2v) is 5.92. The Bertz CT molecular complexity index is 705. The molecule has 0 radical (unpaired) electrons. The predicted octanol–water partition coefficient (Wildman–Crippen LogP) is 0.764. The van der Waals surface area contributed by atoms with E-state index in [4.69, 9.17) is 0 Å². The molecule has 7 heteroatoms. The first kappa shape index (κ1) is 22.8. The number of likely N-dealkylation sites (tertiary alicyclic amines) is 1. The fourth-order valence-electron chi connectivity index (χ4n) is 3.29. The molecule has 1 atom stereocenters. The summed E-state index contributed by atoms with van der Waals surface area (Å²) >= 11 is 0. The van der Waals surface area contributed by atoms with Gasteiger partial charge in [-0.1, -0.05) is 12.1 Å². The molecular formula is C17H27BrN2O4. The summed E-state index contributed by atoms with van der Waals surface area (Å²) in [5.41, 5.74) is 2.10. The molecule has 1 fully saturated rings. The number of H-pyrrole nitrogens is 1. The van der Waals surface area contributed by atoms with Crippen LogP contribution in [0, 0.1) is 6.92 Å². The number of aliphatic hydroxyl groups is 1. The molecule has 6 nitrogen and oxygen atoms in total. The van der Waals surface area contributed by atoms with Gasteiger partial charge in [0, 0.05) is 30.1 Å². The van der Waals surface area contributed by atoms with Crippen LogP contribution in [0.3, 0.4) is 0 Å². The number of fused-ring (bicyclic) bond motifs is 1. The van der Waals surface area contributed by atoms with Crippen LogP contribution < -0.4 is 5.56 Å². The average molecular weight is 403 g/mol. The molecule has 0 saturated carbocycles. The lowest BCUT2D eigenvalue weighted by Gasteiger charge is -2.22. The number of aryl methyl sites for hydroxylation is 1. The summed E-state index contributed by atoms with van der Waals surface area (Å²) in [6.45, 7) is 4.20. The van der Waals surface area contributed by atoms with Crippen LogP contribution in [0.5, 0.6) is 0 Å². The van der Waals surface area contributed by atoms with E-state index in [1.54, 1.807) is 0 Å². The number of rotatable bonds is 4. The van der Waals surface area contributed by atoms with Crippen molar-refractivity contribution < 1.29 is 16.1 Å². The molecule has 0 aliphatic carbocycles. The maximum absolute atomic E-state index is 12.2. The molecule has 1 aliphatic heterocycles. The number of nitrogens with one attached hydrogen (secondary N) is 1. The molecule has 2 aromatic rings. The lowest BCUT2D eigenvalue weighted by atomic mass is 10.1. The largest absolute Gasteiger partial charge is 0.412 e. The Balaban J connectivity index is 0.00000176.